The third-order valence-electron chi connectivity index (χ3n) is 3.96. The molecule has 0 saturated carbocycles. The van der Waals surface area contributed by atoms with Crippen LogP contribution in [0.2, 0.25) is 0 Å². The predicted octanol–water partition coefficient (Wildman–Crippen LogP) is 5.16. The van der Waals surface area contributed by atoms with Crippen LogP contribution in [-0.2, 0) is 6.54 Å². The van der Waals surface area contributed by atoms with Gasteiger partial charge in [-0.15, -0.1) is 11.3 Å². The second kappa shape index (κ2) is 7.55. The SMILES string of the molecule is O=C(NCc1ccc(Oc2ccc(F)cc2)s1)c1ccc2ncccc2c1. The van der Waals surface area contributed by atoms with Crippen LogP contribution in [0.25, 0.3) is 10.9 Å². The number of carbonyl (C=O) groups excluding carboxylic acids is 1. The summed E-state index contributed by atoms with van der Waals surface area (Å²) in [5, 5.41) is 4.52. The maximum atomic E-state index is 12.9. The van der Waals surface area contributed by atoms with E-state index < -0.39 is 0 Å². The van der Waals surface area contributed by atoms with E-state index in [0.717, 1.165) is 15.8 Å². The number of hydrogen-bond acceptors (Lipinski definition) is 4. The minimum atomic E-state index is -0.304. The Morgan fingerprint density at radius 1 is 1.07 bits per heavy atom. The molecular weight excluding hydrogens is 363 g/mol. The number of benzene rings is 2. The average molecular weight is 378 g/mol. The van der Waals surface area contributed by atoms with Gasteiger partial charge in [0.2, 0.25) is 0 Å². The van der Waals surface area contributed by atoms with Crippen molar-refractivity contribution in [1.29, 1.82) is 0 Å². The summed E-state index contributed by atoms with van der Waals surface area (Å²) in [7, 11) is 0. The van der Waals surface area contributed by atoms with Crippen molar-refractivity contribution in [3.05, 3.63) is 89.2 Å². The van der Waals surface area contributed by atoms with Crippen LogP contribution in [0.5, 0.6) is 10.8 Å². The molecule has 0 atom stereocenters. The molecule has 0 aliphatic carbocycles. The van der Waals surface area contributed by atoms with Gasteiger partial charge in [0.15, 0.2) is 5.06 Å². The topological polar surface area (TPSA) is 51.2 Å². The van der Waals surface area contributed by atoms with Gasteiger partial charge in [-0.25, -0.2) is 4.39 Å². The molecule has 0 aliphatic heterocycles. The molecule has 4 nitrogen and oxygen atoms in total. The molecule has 0 fully saturated rings. The van der Waals surface area contributed by atoms with Gasteiger partial charge in [-0.3, -0.25) is 9.78 Å². The molecule has 0 saturated heterocycles. The molecule has 0 bridgehead atoms. The van der Waals surface area contributed by atoms with Crippen LogP contribution in [0.3, 0.4) is 0 Å². The Balaban J connectivity index is 1.38. The van der Waals surface area contributed by atoms with Crippen molar-refractivity contribution in [2.75, 3.05) is 0 Å². The number of fused-ring (bicyclic) bond motifs is 1. The summed E-state index contributed by atoms with van der Waals surface area (Å²) < 4.78 is 18.6. The Hall–Kier alpha value is -3.25. The largest absolute Gasteiger partial charge is 0.447 e. The van der Waals surface area contributed by atoms with Crippen molar-refractivity contribution in [1.82, 2.24) is 10.3 Å². The van der Waals surface area contributed by atoms with Gasteiger partial charge in [0.25, 0.3) is 5.91 Å². The highest BCUT2D eigenvalue weighted by atomic mass is 32.1. The zero-order valence-electron chi connectivity index (χ0n) is 14.2. The van der Waals surface area contributed by atoms with Crippen LogP contribution in [0.1, 0.15) is 15.2 Å². The fraction of sp³-hybridized carbons (Fsp3) is 0.0476. The zero-order chi connectivity index (χ0) is 18.6. The summed E-state index contributed by atoms with van der Waals surface area (Å²) in [4.78, 5) is 17.6. The molecule has 2 heterocycles. The second-order valence-corrected chi connectivity index (χ2v) is 7.00. The monoisotopic (exact) mass is 378 g/mol. The molecule has 27 heavy (non-hydrogen) atoms. The molecule has 134 valence electrons. The fourth-order valence-electron chi connectivity index (χ4n) is 2.61. The molecule has 6 heteroatoms. The number of nitrogens with zero attached hydrogens (tertiary/aromatic N) is 1. The van der Waals surface area contributed by atoms with Crippen molar-refractivity contribution >= 4 is 28.1 Å². The normalized spacial score (nSPS) is 10.7. The molecule has 4 rings (SSSR count). The van der Waals surface area contributed by atoms with Gasteiger partial charge < -0.3 is 10.1 Å². The lowest BCUT2D eigenvalue weighted by Gasteiger charge is -2.05. The number of halogens is 1. The predicted molar refractivity (Wildman–Crippen MR) is 104 cm³/mol. The van der Waals surface area contributed by atoms with E-state index in [2.05, 4.69) is 10.3 Å². The smallest absolute Gasteiger partial charge is 0.251 e. The van der Waals surface area contributed by atoms with Gasteiger partial charge in [0, 0.05) is 22.0 Å². The maximum absolute atomic E-state index is 12.9. The number of carbonyl (C=O) groups is 1. The van der Waals surface area contributed by atoms with Crippen LogP contribution < -0.4 is 10.1 Å². The van der Waals surface area contributed by atoms with Gasteiger partial charge in [-0.1, -0.05) is 6.07 Å². The van der Waals surface area contributed by atoms with Crippen LogP contribution in [0.15, 0.2) is 72.9 Å². The summed E-state index contributed by atoms with van der Waals surface area (Å²) in [6.07, 6.45) is 1.73. The van der Waals surface area contributed by atoms with Gasteiger partial charge >= 0.3 is 0 Å². The van der Waals surface area contributed by atoms with E-state index in [4.69, 9.17) is 4.74 Å². The first-order chi connectivity index (χ1) is 13.2. The summed E-state index contributed by atoms with van der Waals surface area (Å²) in [5.41, 5.74) is 1.45. The molecule has 0 unspecified atom stereocenters. The zero-order valence-corrected chi connectivity index (χ0v) is 15.0. The van der Waals surface area contributed by atoms with E-state index in [1.165, 1.54) is 23.5 Å². The van der Waals surface area contributed by atoms with Crippen molar-refractivity contribution in [2.45, 2.75) is 6.54 Å². The molecule has 1 amide bonds. The first-order valence-corrected chi connectivity index (χ1v) is 9.14. The Morgan fingerprint density at radius 2 is 1.93 bits per heavy atom. The highest BCUT2D eigenvalue weighted by Gasteiger charge is 2.08. The first-order valence-electron chi connectivity index (χ1n) is 8.32. The van der Waals surface area contributed by atoms with Crippen molar-refractivity contribution in [3.63, 3.8) is 0 Å². The summed E-state index contributed by atoms with van der Waals surface area (Å²) in [5.74, 6) is 0.121. The van der Waals surface area contributed by atoms with Crippen LogP contribution in [0, 0.1) is 5.82 Å². The molecule has 4 aromatic rings. The maximum Gasteiger partial charge on any atom is 0.251 e. The van der Waals surface area contributed by atoms with Gasteiger partial charge in [0.05, 0.1) is 12.1 Å². The van der Waals surface area contributed by atoms with Crippen LogP contribution in [0.4, 0.5) is 4.39 Å². The Labute approximate surface area is 159 Å². The lowest BCUT2D eigenvalue weighted by atomic mass is 10.1. The highest BCUT2D eigenvalue weighted by Crippen LogP contribution is 2.29. The van der Waals surface area contributed by atoms with Crippen LogP contribution >= 0.6 is 11.3 Å². The molecule has 2 aromatic heterocycles. The van der Waals surface area contributed by atoms with Gasteiger partial charge in [-0.05, 0) is 60.7 Å². The number of nitrogens with one attached hydrogen (secondary N) is 1. The molecule has 0 spiro atoms. The third kappa shape index (κ3) is 4.12. The average Bonchev–Trinajstić information content (AvgIpc) is 3.15. The number of aromatic nitrogens is 1. The summed E-state index contributed by atoms with van der Waals surface area (Å²) in [6, 6.07) is 18.8. The van der Waals surface area contributed by atoms with Crippen molar-refractivity contribution in [3.8, 4) is 10.8 Å². The van der Waals surface area contributed by atoms with E-state index in [1.54, 1.807) is 24.4 Å². The molecule has 1 N–H and O–H groups in total. The molecule has 0 radical (unpaired) electrons. The number of amides is 1. The van der Waals surface area contributed by atoms with Crippen LogP contribution in [-0.4, -0.2) is 10.9 Å². The van der Waals surface area contributed by atoms with E-state index in [1.807, 2.05) is 36.4 Å². The number of pyridine rings is 1. The second-order valence-electron chi connectivity index (χ2n) is 5.87. The van der Waals surface area contributed by atoms with Crippen molar-refractivity contribution < 1.29 is 13.9 Å². The Morgan fingerprint density at radius 3 is 2.78 bits per heavy atom. The minimum Gasteiger partial charge on any atom is -0.447 e. The summed E-state index contributed by atoms with van der Waals surface area (Å²) >= 11 is 1.43. The molecule has 2 aromatic carbocycles. The summed E-state index contributed by atoms with van der Waals surface area (Å²) in [6.45, 7) is 0.404. The quantitative estimate of drug-likeness (QED) is 0.522. The number of hydrogen-bond donors (Lipinski definition) is 1. The lowest BCUT2D eigenvalue weighted by molar-refractivity contribution is 0.0951. The molecular formula is C21H15FN2O2S. The van der Waals surface area contributed by atoms with E-state index in [0.29, 0.717) is 22.9 Å². The number of ether oxygens (including phenoxy) is 1. The third-order valence-corrected chi connectivity index (χ3v) is 4.92. The fourth-order valence-corrected chi connectivity index (χ4v) is 3.43. The Bertz CT molecular complexity index is 1090. The highest BCUT2D eigenvalue weighted by molar-refractivity contribution is 7.13. The van der Waals surface area contributed by atoms with Gasteiger partial charge in [-0.2, -0.15) is 0 Å². The van der Waals surface area contributed by atoms with Crippen molar-refractivity contribution in [2.24, 2.45) is 0 Å². The number of rotatable bonds is 5. The van der Waals surface area contributed by atoms with E-state index in [-0.39, 0.29) is 11.7 Å². The van der Waals surface area contributed by atoms with Gasteiger partial charge in [0.1, 0.15) is 11.6 Å². The Kier molecular flexibility index (Phi) is 4.80. The minimum absolute atomic E-state index is 0.143. The van der Waals surface area contributed by atoms with E-state index >= 15 is 0 Å². The lowest BCUT2D eigenvalue weighted by Crippen LogP contribution is -2.22. The standard InChI is InChI=1S/C21H15FN2O2S/c22-16-4-6-17(7-5-16)26-20-10-8-18(27-20)13-24-21(25)15-3-9-19-14(12-15)2-1-11-23-19/h1-12H,13H2,(H,24,25). The van der Waals surface area contributed by atoms with E-state index in [9.17, 15) is 9.18 Å². The first kappa shape index (κ1) is 17.2. The molecule has 0 aliphatic rings. The number of thiophene rings is 1.